The van der Waals surface area contributed by atoms with Crippen molar-refractivity contribution in [3.63, 3.8) is 0 Å². The van der Waals surface area contributed by atoms with Gasteiger partial charge in [-0.1, -0.05) is 0 Å². The summed E-state index contributed by atoms with van der Waals surface area (Å²) in [5, 5.41) is 10.1. The first-order valence-electron chi connectivity index (χ1n) is 3.30. The minimum atomic E-state index is -1.60. The number of rotatable bonds is 0. The molecule has 1 aliphatic rings. The Labute approximate surface area is 68.6 Å². The Kier molecular flexibility index (Phi) is 2.76. The van der Waals surface area contributed by atoms with Crippen molar-refractivity contribution < 1.29 is 14.7 Å². The molecule has 0 spiro atoms. The van der Waals surface area contributed by atoms with Crippen LogP contribution in [0.4, 0.5) is 0 Å². The molecule has 0 unspecified atom stereocenters. The maximum Gasteiger partial charge on any atom is 0.443 e. The van der Waals surface area contributed by atoms with Gasteiger partial charge in [0.05, 0.1) is 0 Å². The fourth-order valence-electron chi connectivity index (χ4n) is 0.896. The van der Waals surface area contributed by atoms with E-state index < -0.39 is 11.9 Å². The summed E-state index contributed by atoms with van der Waals surface area (Å²) in [5.74, 6) is -0.847. The molecule has 1 heterocycles. The molecule has 61 valence electrons. The van der Waals surface area contributed by atoms with Gasteiger partial charge >= 0.3 is 11.9 Å². The molecule has 0 aromatic rings. The second kappa shape index (κ2) is 3.61. The molecule has 1 aliphatic heterocycles. The lowest BCUT2D eigenvalue weighted by molar-refractivity contribution is -0.159. The summed E-state index contributed by atoms with van der Waals surface area (Å²) in [6.45, 7) is 1.05. The molecule has 0 atom stereocenters. The lowest BCUT2D eigenvalue weighted by atomic mass is 10.4. The molecule has 1 amide bonds. The van der Waals surface area contributed by atoms with Crippen molar-refractivity contribution >= 4 is 23.6 Å². The topological polar surface area (TPSA) is 57.3 Å². The predicted molar refractivity (Wildman–Crippen MR) is 39.6 cm³/mol. The molecule has 0 aromatic carbocycles. The molecular weight excluding hydrogens is 166 g/mol. The highest BCUT2D eigenvalue weighted by Crippen LogP contribution is 2.08. The van der Waals surface area contributed by atoms with E-state index in [1.54, 1.807) is 11.8 Å². The van der Waals surface area contributed by atoms with Crippen LogP contribution in [0.25, 0.3) is 0 Å². The van der Waals surface area contributed by atoms with E-state index >= 15 is 0 Å². The van der Waals surface area contributed by atoms with Crippen LogP contribution < -0.4 is 0 Å². The zero-order valence-corrected chi connectivity index (χ0v) is 6.73. The molecule has 1 fully saturated rings. The highest BCUT2D eigenvalue weighted by molar-refractivity contribution is 7.99. The zero-order valence-electron chi connectivity index (χ0n) is 5.91. The number of thioether (sulfide) groups is 1. The van der Waals surface area contributed by atoms with Crippen LogP contribution in [0.15, 0.2) is 0 Å². The van der Waals surface area contributed by atoms with Crippen LogP contribution in [0, 0.1) is 0 Å². The third-order valence-corrected chi connectivity index (χ3v) is 2.42. The number of hydrogen-bond acceptors (Lipinski definition) is 3. The van der Waals surface area contributed by atoms with Crippen LogP contribution in [-0.4, -0.2) is 41.4 Å². The number of hydrogen-bond donors (Lipinski definition) is 0. The van der Waals surface area contributed by atoms with E-state index in [0.29, 0.717) is 13.1 Å². The Bertz CT molecular complexity index is 177. The van der Waals surface area contributed by atoms with Gasteiger partial charge in [0.15, 0.2) is 0 Å². The summed E-state index contributed by atoms with van der Waals surface area (Å²) in [6.07, 6.45) is 0. The van der Waals surface area contributed by atoms with Gasteiger partial charge in [0.1, 0.15) is 0 Å². The van der Waals surface area contributed by atoms with E-state index in [2.05, 4.69) is 0 Å². The van der Waals surface area contributed by atoms with Crippen LogP contribution in [0.2, 0.25) is 0 Å². The average Bonchev–Trinajstić information content (AvgIpc) is 2.05. The highest BCUT2D eigenvalue weighted by Gasteiger charge is 2.23. The molecule has 0 saturated carbocycles. The molecule has 0 bridgehead atoms. The minimum Gasteiger partial charge on any atom is -0.331 e. The molecule has 5 heteroatoms. The fourth-order valence-corrected chi connectivity index (χ4v) is 1.80. The zero-order chi connectivity index (χ0) is 8.27. The van der Waals surface area contributed by atoms with Crippen molar-refractivity contribution in [3.05, 3.63) is 0 Å². The molecule has 4 nitrogen and oxygen atoms in total. The summed E-state index contributed by atoms with van der Waals surface area (Å²) in [5.41, 5.74) is 0. The van der Waals surface area contributed by atoms with Gasteiger partial charge in [0, 0.05) is 24.6 Å². The molecule has 1 radical (unpaired) electrons. The lowest BCUT2D eigenvalue weighted by Crippen LogP contribution is -2.41. The van der Waals surface area contributed by atoms with E-state index in [1.165, 1.54) is 4.90 Å². The highest BCUT2D eigenvalue weighted by atomic mass is 32.2. The SMILES string of the molecule is [O]C(=O)C(=O)N1CCSCC1. The molecule has 1 rings (SSSR count). The summed E-state index contributed by atoms with van der Waals surface area (Å²) in [6, 6.07) is 0. The smallest absolute Gasteiger partial charge is 0.331 e. The molecule has 1 saturated heterocycles. The minimum absolute atomic E-state index is 0.525. The van der Waals surface area contributed by atoms with E-state index in [-0.39, 0.29) is 0 Å². The Balaban J connectivity index is 2.45. The average molecular weight is 174 g/mol. The third-order valence-electron chi connectivity index (χ3n) is 1.47. The Hall–Kier alpha value is -0.710. The third kappa shape index (κ3) is 2.11. The van der Waals surface area contributed by atoms with E-state index in [0.717, 1.165) is 11.5 Å². The van der Waals surface area contributed by atoms with E-state index in [9.17, 15) is 14.7 Å². The Morgan fingerprint density at radius 2 is 1.73 bits per heavy atom. The summed E-state index contributed by atoms with van der Waals surface area (Å²) in [4.78, 5) is 22.2. The quantitative estimate of drug-likeness (QED) is 0.466. The van der Waals surface area contributed by atoms with Gasteiger partial charge in [-0.25, -0.2) is 9.90 Å². The standard InChI is InChI=1S/C6H8NO3S/c8-5(6(9)10)7-1-3-11-4-2-7/h1-4H2. The van der Waals surface area contributed by atoms with Gasteiger partial charge in [0.2, 0.25) is 0 Å². The monoisotopic (exact) mass is 174 g/mol. The molecule has 0 aliphatic carbocycles. The van der Waals surface area contributed by atoms with Crippen molar-refractivity contribution in [3.8, 4) is 0 Å². The summed E-state index contributed by atoms with van der Waals surface area (Å²) < 4.78 is 0. The van der Waals surface area contributed by atoms with Crippen molar-refractivity contribution in [2.24, 2.45) is 0 Å². The van der Waals surface area contributed by atoms with Gasteiger partial charge in [0.25, 0.3) is 0 Å². The number of carbonyl (C=O) groups is 2. The molecule has 11 heavy (non-hydrogen) atoms. The number of carbonyl (C=O) groups excluding carboxylic acids is 2. The number of nitrogens with zero attached hydrogens (tertiary/aromatic N) is 1. The first-order valence-corrected chi connectivity index (χ1v) is 4.45. The summed E-state index contributed by atoms with van der Waals surface area (Å²) in [7, 11) is 0. The van der Waals surface area contributed by atoms with Crippen LogP contribution in [0.3, 0.4) is 0 Å². The van der Waals surface area contributed by atoms with E-state index in [4.69, 9.17) is 0 Å². The molecular formula is C6H8NO3S. The van der Waals surface area contributed by atoms with Crippen molar-refractivity contribution in [2.75, 3.05) is 24.6 Å². The second-order valence-corrected chi connectivity index (χ2v) is 3.42. The normalized spacial score (nSPS) is 18.0. The van der Waals surface area contributed by atoms with Gasteiger partial charge in [-0.3, -0.25) is 4.79 Å². The number of amides is 1. The first kappa shape index (κ1) is 8.39. The molecule has 0 aromatic heterocycles. The van der Waals surface area contributed by atoms with Crippen LogP contribution in [-0.2, 0) is 14.7 Å². The van der Waals surface area contributed by atoms with Gasteiger partial charge in [-0.15, -0.1) is 0 Å². The Morgan fingerprint density at radius 1 is 1.18 bits per heavy atom. The largest absolute Gasteiger partial charge is 0.443 e. The van der Waals surface area contributed by atoms with Gasteiger partial charge in [-0.05, 0) is 0 Å². The fraction of sp³-hybridized carbons (Fsp3) is 0.667. The Morgan fingerprint density at radius 3 is 2.18 bits per heavy atom. The van der Waals surface area contributed by atoms with Crippen molar-refractivity contribution in [1.82, 2.24) is 4.90 Å². The van der Waals surface area contributed by atoms with Gasteiger partial charge < -0.3 is 4.90 Å². The van der Waals surface area contributed by atoms with E-state index in [1.807, 2.05) is 0 Å². The second-order valence-electron chi connectivity index (χ2n) is 2.19. The maximum absolute atomic E-state index is 10.8. The molecule has 0 N–H and O–H groups in total. The van der Waals surface area contributed by atoms with Crippen molar-refractivity contribution in [2.45, 2.75) is 0 Å². The first-order chi connectivity index (χ1) is 5.22. The van der Waals surface area contributed by atoms with Crippen LogP contribution in [0.5, 0.6) is 0 Å². The lowest BCUT2D eigenvalue weighted by Gasteiger charge is -2.23. The van der Waals surface area contributed by atoms with Gasteiger partial charge in [-0.2, -0.15) is 11.8 Å². The van der Waals surface area contributed by atoms with Crippen LogP contribution >= 0.6 is 11.8 Å². The maximum atomic E-state index is 10.8. The summed E-state index contributed by atoms with van der Waals surface area (Å²) >= 11 is 1.72. The predicted octanol–water partition coefficient (Wildman–Crippen LogP) is -0.481. The van der Waals surface area contributed by atoms with Crippen LogP contribution in [0.1, 0.15) is 0 Å². The van der Waals surface area contributed by atoms with Crippen molar-refractivity contribution in [1.29, 1.82) is 0 Å².